The van der Waals surface area contributed by atoms with Gasteiger partial charge < -0.3 is 15.3 Å². The summed E-state index contributed by atoms with van der Waals surface area (Å²) >= 11 is 0. The van der Waals surface area contributed by atoms with E-state index in [1.54, 1.807) is 4.90 Å². The lowest BCUT2D eigenvalue weighted by atomic mass is 10.2. The average Bonchev–Trinajstić information content (AvgIpc) is 2.98. The van der Waals surface area contributed by atoms with Gasteiger partial charge in [0.2, 0.25) is 5.91 Å². The first-order valence-corrected chi connectivity index (χ1v) is 6.89. The molecule has 0 aromatic carbocycles. The number of carbonyl (C=O) groups is 2. The van der Waals surface area contributed by atoms with Crippen molar-refractivity contribution >= 4 is 11.9 Å². The minimum atomic E-state index is -0.919. The lowest BCUT2D eigenvalue weighted by Gasteiger charge is -2.27. The number of nitrogens with zero attached hydrogens (tertiary/aromatic N) is 1. The maximum atomic E-state index is 12.1. The number of carbonyl (C=O) groups excluding carboxylic acids is 1. The second-order valence-corrected chi connectivity index (χ2v) is 5.43. The number of aliphatic carboxylic acids is 1. The largest absolute Gasteiger partial charge is 0.480 e. The van der Waals surface area contributed by atoms with E-state index in [-0.39, 0.29) is 25.0 Å². The third-order valence-electron chi connectivity index (χ3n) is 3.80. The van der Waals surface area contributed by atoms with Gasteiger partial charge in [-0.1, -0.05) is 12.8 Å². The van der Waals surface area contributed by atoms with Gasteiger partial charge in [-0.3, -0.25) is 9.59 Å². The Morgan fingerprint density at radius 1 is 1.17 bits per heavy atom. The van der Waals surface area contributed by atoms with Crippen molar-refractivity contribution in [3.8, 4) is 0 Å². The van der Waals surface area contributed by atoms with Gasteiger partial charge in [0, 0.05) is 6.04 Å². The highest BCUT2D eigenvalue weighted by Gasteiger charge is 2.28. The molecule has 0 aliphatic heterocycles. The summed E-state index contributed by atoms with van der Waals surface area (Å²) in [6.07, 6.45) is 6.60. The molecule has 0 bridgehead atoms. The molecular formula is C13H22N2O3. The molecule has 2 rings (SSSR count). The monoisotopic (exact) mass is 254 g/mol. The number of carboxylic acids is 1. The van der Waals surface area contributed by atoms with Crippen molar-refractivity contribution in [3.05, 3.63) is 0 Å². The van der Waals surface area contributed by atoms with Crippen LogP contribution in [0.25, 0.3) is 0 Å². The minimum Gasteiger partial charge on any atom is -0.480 e. The molecule has 1 amide bonds. The van der Waals surface area contributed by atoms with Crippen LogP contribution in [-0.4, -0.2) is 47.6 Å². The standard InChI is InChI=1S/C13H22N2O3/c16-12(8-14-7-10-5-6-10)15(9-13(17)18)11-3-1-2-4-11/h10-11,14H,1-9H2,(H,17,18). The van der Waals surface area contributed by atoms with Crippen molar-refractivity contribution in [2.45, 2.75) is 44.6 Å². The van der Waals surface area contributed by atoms with Gasteiger partial charge in [-0.25, -0.2) is 0 Å². The van der Waals surface area contributed by atoms with E-state index in [1.165, 1.54) is 12.8 Å². The fourth-order valence-electron chi connectivity index (χ4n) is 2.59. The van der Waals surface area contributed by atoms with Crippen LogP contribution >= 0.6 is 0 Å². The first-order valence-electron chi connectivity index (χ1n) is 6.89. The lowest BCUT2D eigenvalue weighted by Crippen LogP contribution is -2.46. The van der Waals surface area contributed by atoms with Crippen molar-refractivity contribution in [1.29, 1.82) is 0 Å². The number of carboxylic acid groups (broad SMARTS) is 1. The Bertz CT molecular complexity index is 309. The quantitative estimate of drug-likeness (QED) is 0.706. The van der Waals surface area contributed by atoms with Gasteiger partial charge in [-0.05, 0) is 38.1 Å². The maximum absolute atomic E-state index is 12.1. The number of rotatable bonds is 7. The molecule has 102 valence electrons. The number of amides is 1. The SMILES string of the molecule is O=C(O)CN(C(=O)CNCC1CC1)C1CCCC1. The molecule has 2 saturated carbocycles. The molecule has 2 N–H and O–H groups in total. The highest BCUT2D eigenvalue weighted by Crippen LogP contribution is 2.27. The molecule has 2 aliphatic rings. The number of hydrogen-bond acceptors (Lipinski definition) is 3. The highest BCUT2D eigenvalue weighted by molar-refractivity contribution is 5.83. The molecule has 18 heavy (non-hydrogen) atoms. The Hall–Kier alpha value is -1.10. The van der Waals surface area contributed by atoms with Crippen LogP contribution in [0.3, 0.4) is 0 Å². The van der Waals surface area contributed by atoms with Crippen LogP contribution in [-0.2, 0) is 9.59 Å². The van der Waals surface area contributed by atoms with Gasteiger partial charge in [0.1, 0.15) is 6.54 Å². The van der Waals surface area contributed by atoms with E-state index in [0.29, 0.717) is 0 Å². The predicted molar refractivity (Wildman–Crippen MR) is 67.2 cm³/mol. The lowest BCUT2D eigenvalue weighted by molar-refractivity contribution is -0.145. The first-order chi connectivity index (χ1) is 8.66. The molecule has 0 spiro atoms. The summed E-state index contributed by atoms with van der Waals surface area (Å²) in [6.45, 7) is 1.01. The molecule has 0 aromatic heterocycles. The fourth-order valence-corrected chi connectivity index (χ4v) is 2.59. The van der Waals surface area contributed by atoms with Crippen molar-refractivity contribution < 1.29 is 14.7 Å². The normalized spacial score (nSPS) is 20.0. The summed E-state index contributed by atoms with van der Waals surface area (Å²) < 4.78 is 0. The summed E-state index contributed by atoms with van der Waals surface area (Å²) in [5, 5.41) is 12.0. The molecule has 2 fully saturated rings. The summed E-state index contributed by atoms with van der Waals surface area (Å²) in [6, 6.07) is 0.135. The third-order valence-corrected chi connectivity index (χ3v) is 3.80. The van der Waals surface area contributed by atoms with Gasteiger partial charge in [-0.2, -0.15) is 0 Å². The van der Waals surface area contributed by atoms with E-state index in [1.807, 2.05) is 0 Å². The topological polar surface area (TPSA) is 69.6 Å². The Morgan fingerprint density at radius 3 is 2.39 bits per heavy atom. The van der Waals surface area contributed by atoms with E-state index < -0.39 is 5.97 Å². The van der Waals surface area contributed by atoms with Gasteiger partial charge in [0.15, 0.2) is 0 Å². The zero-order valence-corrected chi connectivity index (χ0v) is 10.7. The van der Waals surface area contributed by atoms with Gasteiger partial charge in [0.05, 0.1) is 6.54 Å². The second-order valence-electron chi connectivity index (χ2n) is 5.43. The maximum Gasteiger partial charge on any atom is 0.323 e. The second kappa shape index (κ2) is 6.18. The zero-order valence-electron chi connectivity index (χ0n) is 10.7. The predicted octanol–water partition coefficient (Wildman–Crippen LogP) is 0.842. The third kappa shape index (κ3) is 3.98. The fraction of sp³-hybridized carbons (Fsp3) is 0.846. The van der Waals surface area contributed by atoms with Crippen LogP contribution < -0.4 is 5.32 Å². The molecule has 2 aliphatic carbocycles. The van der Waals surface area contributed by atoms with E-state index in [9.17, 15) is 9.59 Å². The number of hydrogen-bond donors (Lipinski definition) is 2. The van der Waals surface area contributed by atoms with Crippen LogP contribution in [0.15, 0.2) is 0 Å². The van der Waals surface area contributed by atoms with Gasteiger partial charge in [0.25, 0.3) is 0 Å². The molecule has 0 aromatic rings. The Morgan fingerprint density at radius 2 is 1.83 bits per heavy atom. The summed E-state index contributed by atoms with van der Waals surface area (Å²) in [5.74, 6) is -0.250. The van der Waals surface area contributed by atoms with E-state index in [2.05, 4.69) is 5.32 Å². The molecule has 0 radical (unpaired) electrons. The molecule has 5 heteroatoms. The van der Waals surface area contributed by atoms with Crippen molar-refractivity contribution in [2.24, 2.45) is 5.92 Å². The van der Waals surface area contributed by atoms with Gasteiger partial charge in [-0.15, -0.1) is 0 Å². The zero-order chi connectivity index (χ0) is 13.0. The van der Waals surface area contributed by atoms with Crippen molar-refractivity contribution in [3.63, 3.8) is 0 Å². The molecule has 5 nitrogen and oxygen atoms in total. The van der Waals surface area contributed by atoms with Gasteiger partial charge >= 0.3 is 5.97 Å². The summed E-state index contributed by atoms with van der Waals surface area (Å²) in [7, 11) is 0. The van der Waals surface area contributed by atoms with Crippen LogP contribution in [0.1, 0.15) is 38.5 Å². The van der Waals surface area contributed by atoms with Crippen LogP contribution in [0.4, 0.5) is 0 Å². The molecule has 0 heterocycles. The van der Waals surface area contributed by atoms with Crippen molar-refractivity contribution in [2.75, 3.05) is 19.6 Å². The van der Waals surface area contributed by atoms with Crippen LogP contribution in [0.2, 0.25) is 0 Å². The first kappa shape index (κ1) is 13.3. The summed E-state index contributed by atoms with van der Waals surface area (Å²) in [4.78, 5) is 24.5. The molecule has 0 saturated heterocycles. The average molecular weight is 254 g/mol. The Balaban J connectivity index is 1.80. The molecular weight excluding hydrogens is 232 g/mol. The van der Waals surface area contributed by atoms with E-state index >= 15 is 0 Å². The Kier molecular flexibility index (Phi) is 4.58. The van der Waals surface area contributed by atoms with E-state index in [4.69, 9.17) is 5.11 Å². The van der Waals surface area contributed by atoms with Crippen molar-refractivity contribution in [1.82, 2.24) is 10.2 Å². The summed E-state index contributed by atoms with van der Waals surface area (Å²) in [5.41, 5.74) is 0. The molecule has 0 unspecified atom stereocenters. The molecule has 0 atom stereocenters. The minimum absolute atomic E-state index is 0.0649. The Labute approximate surface area is 108 Å². The van der Waals surface area contributed by atoms with Crippen LogP contribution in [0, 0.1) is 5.92 Å². The van der Waals surface area contributed by atoms with Crippen LogP contribution in [0.5, 0.6) is 0 Å². The smallest absolute Gasteiger partial charge is 0.323 e. The number of nitrogens with one attached hydrogen (secondary N) is 1. The van der Waals surface area contributed by atoms with E-state index in [0.717, 1.165) is 38.1 Å². The highest BCUT2D eigenvalue weighted by atomic mass is 16.4.